The third-order valence-electron chi connectivity index (χ3n) is 3.06. The molecule has 5 nitrogen and oxygen atoms in total. The minimum absolute atomic E-state index is 0.0522. The van der Waals surface area contributed by atoms with Crippen molar-refractivity contribution in [2.24, 2.45) is 0 Å². The van der Waals surface area contributed by atoms with Gasteiger partial charge in [0.1, 0.15) is 0 Å². The van der Waals surface area contributed by atoms with E-state index in [9.17, 15) is 4.79 Å². The van der Waals surface area contributed by atoms with Gasteiger partial charge in [-0.15, -0.1) is 0 Å². The van der Waals surface area contributed by atoms with Crippen LogP contribution in [-0.2, 0) is 4.79 Å². The van der Waals surface area contributed by atoms with Gasteiger partial charge in [-0.3, -0.25) is 9.78 Å². The zero-order chi connectivity index (χ0) is 14.0. The molecule has 2 N–H and O–H groups in total. The van der Waals surface area contributed by atoms with Crippen molar-refractivity contribution in [3.63, 3.8) is 0 Å². The molecule has 1 aromatic carbocycles. The van der Waals surface area contributed by atoms with Crippen molar-refractivity contribution >= 4 is 28.2 Å². The number of aromatic nitrogens is 1. The molecule has 0 saturated heterocycles. The maximum Gasteiger partial charge on any atom is 0.241 e. The topological polar surface area (TPSA) is 62.5 Å². The monoisotopic (exact) mass is 258 g/mol. The minimum atomic E-state index is 0.0522. The lowest BCUT2D eigenvalue weighted by Crippen LogP contribution is -2.34. The van der Waals surface area contributed by atoms with Crippen LogP contribution in [0, 0.1) is 0 Å². The van der Waals surface area contributed by atoms with Crippen molar-refractivity contribution < 1.29 is 4.79 Å². The molecule has 0 aliphatic rings. The molecular formula is C14H18N4O. The van der Waals surface area contributed by atoms with Crippen LogP contribution in [0.15, 0.2) is 30.5 Å². The normalized spacial score (nSPS) is 10.5. The third kappa shape index (κ3) is 2.59. The number of fused-ring (bicyclic) bond motifs is 1. The van der Waals surface area contributed by atoms with E-state index in [-0.39, 0.29) is 5.91 Å². The van der Waals surface area contributed by atoms with Crippen molar-refractivity contribution in [2.75, 3.05) is 38.3 Å². The number of hydrogen-bond donors (Lipinski definition) is 1. The highest BCUT2D eigenvalue weighted by Crippen LogP contribution is 2.27. The first kappa shape index (κ1) is 13.1. The Morgan fingerprint density at radius 1 is 1.26 bits per heavy atom. The quantitative estimate of drug-likeness (QED) is 0.844. The predicted molar refractivity (Wildman–Crippen MR) is 78.1 cm³/mol. The summed E-state index contributed by atoms with van der Waals surface area (Å²) in [5.41, 5.74) is 8.28. The van der Waals surface area contributed by atoms with Crippen LogP contribution in [0.25, 0.3) is 10.9 Å². The number of likely N-dealkylation sites (N-methyl/N-ethyl adjacent to an activating group) is 2. The number of rotatable bonds is 3. The van der Waals surface area contributed by atoms with Crippen LogP contribution in [0.3, 0.4) is 0 Å². The zero-order valence-corrected chi connectivity index (χ0v) is 11.4. The van der Waals surface area contributed by atoms with Gasteiger partial charge in [-0.05, 0) is 12.1 Å². The number of amides is 1. The average Bonchev–Trinajstić information content (AvgIpc) is 2.38. The van der Waals surface area contributed by atoms with Crippen LogP contribution in [-0.4, -0.2) is 43.5 Å². The second-order valence-corrected chi connectivity index (χ2v) is 4.72. The molecule has 5 heteroatoms. The minimum Gasteiger partial charge on any atom is -0.397 e. The molecule has 0 radical (unpaired) electrons. The Bertz CT molecular complexity index is 609. The maximum absolute atomic E-state index is 11.8. The number of benzene rings is 1. The van der Waals surface area contributed by atoms with E-state index >= 15 is 0 Å². The summed E-state index contributed by atoms with van der Waals surface area (Å²) in [6, 6.07) is 7.57. The number of pyridine rings is 1. The Labute approximate surface area is 112 Å². The molecule has 2 rings (SSSR count). The molecule has 0 aliphatic heterocycles. The lowest BCUT2D eigenvalue weighted by atomic mass is 10.1. The molecule has 2 aromatic rings. The standard InChI is InChI=1S/C14H18N4O/c1-17(2)13(19)9-18(3)12-7-8-16-14-10(12)5-4-6-11(14)15/h4-8H,9,15H2,1-3H3. The number of nitrogens with zero attached hydrogens (tertiary/aromatic N) is 3. The van der Waals surface area contributed by atoms with Gasteiger partial charge in [0.05, 0.1) is 17.7 Å². The largest absolute Gasteiger partial charge is 0.397 e. The summed E-state index contributed by atoms with van der Waals surface area (Å²) < 4.78 is 0. The van der Waals surface area contributed by atoms with E-state index < -0.39 is 0 Å². The van der Waals surface area contributed by atoms with Gasteiger partial charge in [0.15, 0.2) is 0 Å². The van der Waals surface area contributed by atoms with Crippen LogP contribution < -0.4 is 10.6 Å². The zero-order valence-electron chi connectivity index (χ0n) is 11.4. The first-order chi connectivity index (χ1) is 9.00. The van der Waals surface area contributed by atoms with Crippen LogP contribution in [0.1, 0.15) is 0 Å². The number of carbonyl (C=O) groups is 1. The highest BCUT2D eigenvalue weighted by molar-refractivity contribution is 5.98. The van der Waals surface area contributed by atoms with E-state index in [1.807, 2.05) is 36.2 Å². The van der Waals surface area contributed by atoms with Gasteiger partial charge in [-0.1, -0.05) is 12.1 Å². The van der Waals surface area contributed by atoms with Crippen LogP contribution in [0.2, 0.25) is 0 Å². The number of nitrogen functional groups attached to an aromatic ring is 1. The molecule has 0 spiro atoms. The Kier molecular flexibility index (Phi) is 3.55. The van der Waals surface area contributed by atoms with Gasteiger partial charge in [-0.25, -0.2) is 0 Å². The Hall–Kier alpha value is -2.30. The Balaban J connectivity index is 2.40. The predicted octanol–water partition coefficient (Wildman–Crippen LogP) is 1.34. The number of anilines is 2. The summed E-state index contributed by atoms with van der Waals surface area (Å²) in [7, 11) is 5.39. The molecule has 0 bridgehead atoms. The Morgan fingerprint density at radius 3 is 2.68 bits per heavy atom. The number of para-hydroxylation sites is 1. The third-order valence-corrected chi connectivity index (χ3v) is 3.06. The summed E-state index contributed by atoms with van der Waals surface area (Å²) >= 11 is 0. The van der Waals surface area contributed by atoms with E-state index in [1.54, 1.807) is 25.2 Å². The molecular weight excluding hydrogens is 240 g/mol. The number of carbonyl (C=O) groups excluding carboxylic acids is 1. The van der Waals surface area contributed by atoms with Gasteiger partial charge >= 0.3 is 0 Å². The van der Waals surface area contributed by atoms with E-state index in [0.717, 1.165) is 16.6 Å². The van der Waals surface area contributed by atoms with E-state index in [2.05, 4.69) is 4.98 Å². The van der Waals surface area contributed by atoms with Crippen LogP contribution in [0.5, 0.6) is 0 Å². The SMILES string of the molecule is CN(C)C(=O)CN(C)c1ccnc2c(N)cccc12. The van der Waals surface area contributed by atoms with Crippen molar-refractivity contribution in [1.82, 2.24) is 9.88 Å². The molecule has 0 unspecified atom stereocenters. The van der Waals surface area contributed by atoms with E-state index in [1.165, 1.54) is 0 Å². The second-order valence-electron chi connectivity index (χ2n) is 4.72. The van der Waals surface area contributed by atoms with Gasteiger partial charge in [0.2, 0.25) is 5.91 Å². The average molecular weight is 258 g/mol. The van der Waals surface area contributed by atoms with Crippen LogP contribution >= 0.6 is 0 Å². The van der Waals surface area contributed by atoms with Crippen LogP contribution in [0.4, 0.5) is 11.4 Å². The van der Waals surface area contributed by atoms with Crippen molar-refractivity contribution in [1.29, 1.82) is 0 Å². The molecule has 0 fully saturated rings. The molecule has 19 heavy (non-hydrogen) atoms. The van der Waals surface area contributed by atoms with Gasteiger partial charge in [-0.2, -0.15) is 0 Å². The fourth-order valence-electron chi connectivity index (χ4n) is 1.95. The summed E-state index contributed by atoms with van der Waals surface area (Å²) in [4.78, 5) is 19.6. The second kappa shape index (κ2) is 5.14. The summed E-state index contributed by atoms with van der Waals surface area (Å²) in [5.74, 6) is 0.0522. The highest BCUT2D eigenvalue weighted by Gasteiger charge is 2.12. The molecule has 1 amide bonds. The molecule has 0 aliphatic carbocycles. The maximum atomic E-state index is 11.8. The summed E-state index contributed by atoms with van der Waals surface area (Å²) in [5, 5.41) is 0.955. The van der Waals surface area contributed by atoms with Crippen molar-refractivity contribution in [3.8, 4) is 0 Å². The van der Waals surface area contributed by atoms with Crippen molar-refractivity contribution in [3.05, 3.63) is 30.5 Å². The first-order valence-corrected chi connectivity index (χ1v) is 6.05. The smallest absolute Gasteiger partial charge is 0.241 e. The lowest BCUT2D eigenvalue weighted by Gasteiger charge is -2.22. The number of nitrogens with two attached hydrogens (primary N) is 1. The van der Waals surface area contributed by atoms with Gasteiger partial charge in [0, 0.05) is 38.4 Å². The summed E-state index contributed by atoms with van der Waals surface area (Å²) in [6.45, 7) is 0.320. The fourth-order valence-corrected chi connectivity index (χ4v) is 1.95. The Morgan fingerprint density at radius 2 is 2.00 bits per heavy atom. The first-order valence-electron chi connectivity index (χ1n) is 6.05. The highest BCUT2D eigenvalue weighted by atomic mass is 16.2. The van der Waals surface area contributed by atoms with Crippen molar-refractivity contribution in [2.45, 2.75) is 0 Å². The van der Waals surface area contributed by atoms with E-state index in [0.29, 0.717) is 12.2 Å². The van der Waals surface area contributed by atoms with Gasteiger partial charge in [0.25, 0.3) is 0 Å². The molecule has 0 saturated carbocycles. The fraction of sp³-hybridized carbons (Fsp3) is 0.286. The summed E-state index contributed by atoms with van der Waals surface area (Å²) in [6.07, 6.45) is 1.71. The molecule has 100 valence electrons. The molecule has 1 heterocycles. The lowest BCUT2D eigenvalue weighted by molar-refractivity contribution is -0.127. The van der Waals surface area contributed by atoms with Gasteiger partial charge < -0.3 is 15.5 Å². The molecule has 1 aromatic heterocycles. The molecule has 0 atom stereocenters. The van der Waals surface area contributed by atoms with E-state index in [4.69, 9.17) is 5.73 Å². The number of hydrogen-bond acceptors (Lipinski definition) is 4.